The average molecular weight is 587 g/mol. The van der Waals surface area contributed by atoms with Gasteiger partial charge >= 0.3 is 0 Å². The van der Waals surface area contributed by atoms with E-state index in [-0.39, 0.29) is 5.91 Å². The normalized spacial score (nSPS) is 14.8. The molecule has 8 nitrogen and oxygen atoms in total. The topological polar surface area (TPSA) is 103 Å². The third-order valence-electron chi connectivity index (χ3n) is 7.20. The number of β-amino-alcohol motifs (C(OH)–C–C–N with tert-alkyl or cyclic N) is 1. The van der Waals surface area contributed by atoms with Gasteiger partial charge in [-0.2, -0.15) is 0 Å². The van der Waals surface area contributed by atoms with E-state index in [1.165, 1.54) is 6.07 Å². The number of thiophene rings is 1. The van der Waals surface area contributed by atoms with Crippen molar-refractivity contribution in [3.8, 4) is 10.4 Å². The number of aliphatic hydroxyl groups is 1. The zero-order valence-corrected chi connectivity index (χ0v) is 23.8. The number of nitrogens with one attached hydrogen (secondary N) is 2. The van der Waals surface area contributed by atoms with Crippen LogP contribution in [0.1, 0.15) is 40.7 Å². The summed E-state index contributed by atoms with van der Waals surface area (Å²) in [6, 6.07) is 16.5. The summed E-state index contributed by atoms with van der Waals surface area (Å²) >= 11 is 1.62. The summed E-state index contributed by atoms with van der Waals surface area (Å²) in [5.41, 5.74) is 1.96. The molecular formula is C31H28F2N6O2S. The smallest absolute Gasteiger partial charge is 0.255 e. The number of aromatic nitrogens is 3. The van der Waals surface area contributed by atoms with Crippen LogP contribution in [0.4, 0.5) is 20.4 Å². The van der Waals surface area contributed by atoms with Crippen LogP contribution < -0.4 is 15.5 Å². The van der Waals surface area contributed by atoms with Crippen LogP contribution in [0.2, 0.25) is 0 Å². The van der Waals surface area contributed by atoms with Crippen molar-refractivity contribution >= 4 is 39.8 Å². The molecule has 0 radical (unpaired) electrons. The first-order valence-corrected chi connectivity index (χ1v) is 14.2. The van der Waals surface area contributed by atoms with Gasteiger partial charge in [0.05, 0.1) is 29.3 Å². The minimum absolute atomic E-state index is 0.343. The SMILES string of the molecule is CC(NC(=O)c1cccnc1NCc1ccc(-c2ccc3ncnc(N4CC(C)(O)C4)c3c2)s1)c1ccc(F)c(F)c1. The van der Waals surface area contributed by atoms with Gasteiger partial charge in [-0.1, -0.05) is 12.1 Å². The largest absolute Gasteiger partial charge is 0.386 e. The van der Waals surface area contributed by atoms with E-state index < -0.39 is 23.3 Å². The number of hydrogen-bond acceptors (Lipinski definition) is 8. The van der Waals surface area contributed by atoms with E-state index in [1.807, 2.05) is 25.1 Å². The molecular weight excluding hydrogens is 558 g/mol. The van der Waals surface area contributed by atoms with Crippen LogP contribution in [-0.2, 0) is 6.54 Å². The minimum atomic E-state index is -0.962. The maximum Gasteiger partial charge on any atom is 0.255 e. The molecule has 0 spiro atoms. The molecule has 1 amide bonds. The Labute approximate surface area is 245 Å². The summed E-state index contributed by atoms with van der Waals surface area (Å²) in [4.78, 5) is 30.5. The van der Waals surface area contributed by atoms with Crippen molar-refractivity contribution in [3.63, 3.8) is 0 Å². The molecule has 3 aromatic heterocycles. The van der Waals surface area contributed by atoms with Gasteiger partial charge in [0, 0.05) is 34.4 Å². The predicted molar refractivity (Wildman–Crippen MR) is 159 cm³/mol. The van der Waals surface area contributed by atoms with E-state index in [0.717, 1.165) is 44.2 Å². The van der Waals surface area contributed by atoms with Crippen molar-refractivity contribution in [2.75, 3.05) is 23.3 Å². The van der Waals surface area contributed by atoms with E-state index >= 15 is 0 Å². The third kappa shape index (κ3) is 5.65. The Balaban J connectivity index is 1.15. The molecule has 1 fully saturated rings. The van der Waals surface area contributed by atoms with Crippen molar-refractivity contribution in [2.24, 2.45) is 0 Å². The number of carbonyl (C=O) groups is 1. The van der Waals surface area contributed by atoms with Gasteiger partial charge in [0.25, 0.3) is 5.91 Å². The molecule has 4 heterocycles. The molecule has 1 saturated heterocycles. The molecule has 1 aliphatic rings. The first-order chi connectivity index (χ1) is 20.2. The van der Waals surface area contributed by atoms with Crippen molar-refractivity contribution < 1.29 is 18.7 Å². The molecule has 1 atom stereocenters. The molecule has 5 aromatic rings. The monoisotopic (exact) mass is 586 g/mol. The molecule has 1 unspecified atom stereocenters. The van der Waals surface area contributed by atoms with E-state index in [4.69, 9.17) is 0 Å². The lowest BCUT2D eigenvalue weighted by molar-refractivity contribution is 0.0307. The lowest BCUT2D eigenvalue weighted by Crippen LogP contribution is -2.60. The van der Waals surface area contributed by atoms with Crippen molar-refractivity contribution in [3.05, 3.63) is 101 Å². The molecule has 0 aliphatic carbocycles. The van der Waals surface area contributed by atoms with Crippen LogP contribution in [-0.4, -0.2) is 44.7 Å². The quantitative estimate of drug-likeness (QED) is 0.214. The minimum Gasteiger partial charge on any atom is -0.386 e. The summed E-state index contributed by atoms with van der Waals surface area (Å²) in [5, 5.41) is 17.2. The highest BCUT2D eigenvalue weighted by Crippen LogP contribution is 2.35. The maximum atomic E-state index is 13.7. The van der Waals surface area contributed by atoms with Gasteiger partial charge in [-0.3, -0.25) is 4.79 Å². The molecule has 214 valence electrons. The lowest BCUT2D eigenvalue weighted by atomic mass is 9.96. The standard InChI is InChI=1S/C31H28F2N6O2S/c1-18(19-5-8-24(32)25(33)13-19)38-30(40)22-4-3-11-34-28(22)35-14-21-7-10-27(42-21)20-6-9-26-23(12-20)29(37-17-36-26)39-15-31(2,41)16-39/h3-13,17-18,41H,14-16H2,1-2H3,(H,34,35)(H,38,40). The summed E-state index contributed by atoms with van der Waals surface area (Å²) in [5.74, 6) is -1.05. The first kappa shape index (κ1) is 27.7. The van der Waals surface area contributed by atoms with Crippen LogP contribution in [0.5, 0.6) is 0 Å². The second-order valence-corrected chi connectivity index (χ2v) is 11.8. The highest BCUT2D eigenvalue weighted by Gasteiger charge is 2.38. The molecule has 0 bridgehead atoms. The fourth-order valence-electron chi connectivity index (χ4n) is 5.04. The Morgan fingerprint density at radius 2 is 1.90 bits per heavy atom. The third-order valence-corrected chi connectivity index (χ3v) is 8.33. The van der Waals surface area contributed by atoms with Gasteiger partial charge in [-0.15, -0.1) is 11.3 Å². The number of rotatable bonds is 8. The van der Waals surface area contributed by atoms with Crippen LogP contribution in [0.3, 0.4) is 0 Å². The Hall–Kier alpha value is -4.48. The second-order valence-electron chi connectivity index (χ2n) is 10.7. The second kappa shape index (κ2) is 11.1. The zero-order chi connectivity index (χ0) is 29.4. The molecule has 42 heavy (non-hydrogen) atoms. The zero-order valence-electron chi connectivity index (χ0n) is 22.9. The van der Waals surface area contributed by atoms with E-state index in [9.17, 15) is 18.7 Å². The van der Waals surface area contributed by atoms with Gasteiger partial charge in [-0.25, -0.2) is 23.7 Å². The van der Waals surface area contributed by atoms with E-state index in [2.05, 4.69) is 42.6 Å². The molecule has 1 aliphatic heterocycles. The summed E-state index contributed by atoms with van der Waals surface area (Å²) in [7, 11) is 0. The van der Waals surface area contributed by atoms with Crippen LogP contribution in [0.25, 0.3) is 21.3 Å². The van der Waals surface area contributed by atoms with Gasteiger partial charge in [-0.05, 0) is 73.5 Å². The fraction of sp³-hybridized carbons (Fsp3) is 0.226. The summed E-state index contributed by atoms with van der Waals surface area (Å²) < 4.78 is 27.0. The molecule has 3 N–H and O–H groups in total. The van der Waals surface area contributed by atoms with Crippen LogP contribution in [0.15, 0.2) is 73.2 Å². The number of benzene rings is 2. The molecule has 11 heteroatoms. The van der Waals surface area contributed by atoms with Crippen molar-refractivity contribution in [1.29, 1.82) is 0 Å². The Morgan fingerprint density at radius 1 is 1.07 bits per heavy atom. The van der Waals surface area contributed by atoms with Crippen LogP contribution >= 0.6 is 11.3 Å². The van der Waals surface area contributed by atoms with Gasteiger partial charge in [0.15, 0.2) is 11.6 Å². The van der Waals surface area contributed by atoms with Crippen LogP contribution in [0, 0.1) is 11.6 Å². The lowest BCUT2D eigenvalue weighted by Gasteiger charge is -2.45. The Bertz CT molecular complexity index is 1780. The predicted octanol–water partition coefficient (Wildman–Crippen LogP) is 5.71. The highest BCUT2D eigenvalue weighted by molar-refractivity contribution is 7.15. The van der Waals surface area contributed by atoms with Crippen molar-refractivity contribution in [2.45, 2.75) is 32.0 Å². The van der Waals surface area contributed by atoms with E-state index in [1.54, 1.807) is 42.9 Å². The molecule has 6 rings (SSSR count). The number of hydrogen-bond donors (Lipinski definition) is 3. The number of carbonyl (C=O) groups excluding carboxylic acids is 1. The molecule has 0 saturated carbocycles. The number of amides is 1. The van der Waals surface area contributed by atoms with Gasteiger partial charge in [0.2, 0.25) is 0 Å². The number of halogens is 2. The van der Waals surface area contributed by atoms with Gasteiger partial charge < -0.3 is 20.6 Å². The Kier molecular flexibility index (Phi) is 7.29. The number of anilines is 2. The first-order valence-electron chi connectivity index (χ1n) is 13.4. The fourth-order valence-corrected chi connectivity index (χ4v) is 5.99. The highest BCUT2D eigenvalue weighted by atomic mass is 32.1. The van der Waals surface area contributed by atoms with Gasteiger partial charge in [0.1, 0.15) is 18.0 Å². The number of nitrogens with zero attached hydrogens (tertiary/aromatic N) is 4. The Morgan fingerprint density at radius 3 is 2.69 bits per heavy atom. The van der Waals surface area contributed by atoms with Crippen molar-refractivity contribution in [1.82, 2.24) is 20.3 Å². The van der Waals surface area contributed by atoms with E-state index in [0.29, 0.717) is 36.6 Å². The number of pyridine rings is 1. The summed E-state index contributed by atoms with van der Waals surface area (Å²) in [6.07, 6.45) is 3.15. The summed E-state index contributed by atoms with van der Waals surface area (Å²) in [6.45, 7) is 5.02. The molecule has 2 aromatic carbocycles. The maximum absolute atomic E-state index is 13.7. The average Bonchev–Trinajstić information content (AvgIpc) is 3.45. The number of fused-ring (bicyclic) bond motifs is 1.